The number of rotatable bonds is 2. The largest absolute Gasteiger partial charge is 0.298 e. The summed E-state index contributed by atoms with van der Waals surface area (Å²) < 4.78 is 0. The fourth-order valence-corrected chi connectivity index (χ4v) is 5.04. The highest BCUT2D eigenvalue weighted by atomic mass is 15.3. The van der Waals surface area contributed by atoms with E-state index in [0.29, 0.717) is 0 Å². The maximum absolute atomic E-state index is 2.97. The normalized spacial score (nSPS) is 40.0. The molecule has 0 aromatic heterocycles. The first-order valence-corrected chi connectivity index (χ1v) is 9.65. The number of hydrogen-bond acceptors (Lipinski definition) is 2. The summed E-state index contributed by atoms with van der Waals surface area (Å²) >= 11 is 0. The monoisotopic (exact) mass is 292 g/mol. The summed E-state index contributed by atoms with van der Waals surface area (Å²) in [6.45, 7) is 11.4. The van der Waals surface area contributed by atoms with Crippen LogP contribution in [0.3, 0.4) is 0 Å². The fraction of sp³-hybridized carbons (Fsp3) is 1.00. The Morgan fingerprint density at radius 3 is 2.43 bits per heavy atom. The molecule has 0 spiro atoms. The Kier molecular flexibility index (Phi) is 5.27. The topological polar surface area (TPSA) is 6.48 Å². The standard InChI is InChI=1S/C19H36N2/c1-15(2)19-14-20-12-5-4-8-18(20)13-21(19)17-9-6-7-16(3)10-11-17/h15-19H,4-14H2,1-3H3. The van der Waals surface area contributed by atoms with Crippen molar-refractivity contribution in [2.75, 3.05) is 19.6 Å². The summed E-state index contributed by atoms with van der Waals surface area (Å²) in [4.78, 5) is 5.79. The van der Waals surface area contributed by atoms with Gasteiger partial charge in [0.05, 0.1) is 0 Å². The van der Waals surface area contributed by atoms with Gasteiger partial charge in [0, 0.05) is 31.2 Å². The summed E-state index contributed by atoms with van der Waals surface area (Å²) in [5, 5.41) is 0. The van der Waals surface area contributed by atoms with E-state index in [2.05, 4.69) is 30.6 Å². The zero-order valence-corrected chi connectivity index (χ0v) is 14.6. The van der Waals surface area contributed by atoms with E-state index in [1.165, 1.54) is 71.0 Å². The number of hydrogen-bond donors (Lipinski definition) is 0. The van der Waals surface area contributed by atoms with Gasteiger partial charge in [-0.3, -0.25) is 9.80 Å². The van der Waals surface area contributed by atoms with Crippen molar-refractivity contribution in [2.24, 2.45) is 11.8 Å². The molecule has 1 saturated carbocycles. The maximum atomic E-state index is 2.97. The van der Waals surface area contributed by atoms with Crippen molar-refractivity contribution in [1.82, 2.24) is 9.80 Å². The molecule has 1 aliphatic carbocycles. The van der Waals surface area contributed by atoms with Crippen molar-refractivity contribution < 1.29 is 0 Å². The van der Waals surface area contributed by atoms with Crippen LogP contribution in [-0.2, 0) is 0 Å². The number of nitrogens with zero attached hydrogens (tertiary/aromatic N) is 2. The van der Waals surface area contributed by atoms with Crippen LogP contribution in [0.5, 0.6) is 0 Å². The molecule has 0 aromatic rings. The minimum atomic E-state index is 0.800. The second-order valence-electron chi connectivity index (χ2n) is 8.42. The fourth-order valence-electron chi connectivity index (χ4n) is 5.04. The molecule has 2 nitrogen and oxygen atoms in total. The van der Waals surface area contributed by atoms with Gasteiger partial charge >= 0.3 is 0 Å². The van der Waals surface area contributed by atoms with Gasteiger partial charge in [0.15, 0.2) is 0 Å². The summed E-state index contributed by atoms with van der Waals surface area (Å²) in [6, 6.07) is 2.55. The zero-order chi connectivity index (χ0) is 14.8. The summed E-state index contributed by atoms with van der Waals surface area (Å²) in [6.07, 6.45) is 11.6. The van der Waals surface area contributed by atoms with Crippen molar-refractivity contribution in [3.05, 3.63) is 0 Å². The first-order chi connectivity index (χ1) is 10.1. The molecule has 0 radical (unpaired) electrons. The average Bonchev–Trinajstić information content (AvgIpc) is 2.70. The molecule has 2 heterocycles. The Balaban J connectivity index is 1.70. The van der Waals surface area contributed by atoms with Gasteiger partial charge < -0.3 is 0 Å². The lowest BCUT2D eigenvalue weighted by molar-refractivity contribution is -0.0332. The minimum absolute atomic E-state index is 0.800. The quantitative estimate of drug-likeness (QED) is 0.705. The van der Waals surface area contributed by atoms with Crippen LogP contribution < -0.4 is 0 Å². The van der Waals surface area contributed by atoms with Gasteiger partial charge in [-0.05, 0) is 50.5 Å². The third-order valence-electron chi connectivity index (χ3n) is 6.48. The van der Waals surface area contributed by atoms with Crippen LogP contribution in [0, 0.1) is 11.8 Å². The molecular weight excluding hydrogens is 256 g/mol. The second kappa shape index (κ2) is 7.00. The van der Waals surface area contributed by atoms with Crippen molar-refractivity contribution in [1.29, 1.82) is 0 Å². The van der Waals surface area contributed by atoms with Crippen LogP contribution in [0.2, 0.25) is 0 Å². The molecule has 3 fully saturated rings. The molecule has 4 unspecified atom stereocenters. The zero-order valence-electron chi connectivity index (χ0n) is 14.6. The van der Waals surface area contributed by atoms with Crippen LogP contribution in [-0.4, -0.2) is 47.6 Å². The van der Waals surface area contributed by atoms with E-state index in [4.69, 9.17) is 0 Å². The Bertz CT molecular complexity index is 328. The van der Waals surface area contributed by atoms with Gasteiger partial charge in [0.2, 0.25) is 0 Å². The lowest BCUT2D eigenvalue weighted by atomic mass is 9.89. The van der Waals surface area contributed by atoms with Gasteiger partial charge in [-0.25, -0.2) is 0 Å². The summed E-state index contributed by atoms with van der Waals surface area (Å²) in [5.74, 6) is 1.76. The Morgan fingerprint density at radius 2 is 1.62 bits per heavy atom. The number of piperidine rings is 1. The Labute approximate surface area is 132 Å². The van der Waals surface area contributed by atoms with Gasteiger partial charge in [-0.15, -0.1) is 0 Å². The minimum Gasteiger partial charge on any atom is -0.298 e. The van der Waals surface area contributed by atoms with E-state index in [1.54, 1.807) is 0 Å². The molecule has 2 heteroatoms. The second-order valence-corrected chi connectivity index (χ2v) is 8.42. The van der Waals surface area contributed by atoms with E-state index in [9.17, 15) is 0 Å². The van der Waals surface area contributed by atoms with Gasteiger partial charge in [-0.1, -0.05) is 40.0 Å². The van der Waals surface area contributed by atoms with Crippen LogP contribution in [0.4, 0.5) is 0 Å². The summed E-state index contributed by atoms with van der Waals surface area (Å²) in [5.41, 5.74) is 0. The SMILES string of the molecule is CC1CCCC(N2CC3CCCCN3CC2C(C)C)CC1. The molecule has 2 aliphatic heterocycles. The highest BCUT2D eigenvalue weighted by Crippen LogP contribution is 2.33. The molecule has 0 bridgehead atoms. The molecule has 3 aliphatic rings. The maximum Gasteiger partial charge on any atom is 0.0249 e. The predicted molar refractivity (Wildman–Crippen MR) is 90.6 cm³/mol. The lowest BCUT2D eigenvalue weighted by Crippen LogP contribution is -2.63. The molecule has 21 heavy (non-hydrogen) atoms. The third kappa shape index (κ3) is 3.64. The predicted octanol–water partition coefficient (Wildman–Crippen LogP) is 4.15. The third-order valence-corrected chi connectivity index (χ3v) is 6.48. The van der Waals surface area contributed by atoms with Crippen molar-refractivity contribution in [2.45, 2.75) is 90.3 Å². The molecular formula is C19H36N2. The highest BCUT2D eigenvalue weighted by molar-refractivity contribution is 4.95. The Morgan fingerprint density at radius 1 is 0.810 bits per heavy atom. The first kappa shape index (κ1) is 15.8. The van der Waals surface area contributed by atoms with Crippen LogP contribution in [0.15, 0.2) is 0 Å². The molecule has 0 aromatic carbocycles. The first-order valence-electron chi connectivity index (χ1n) is 9.65. The van der Waals surface area contributed by atoms with E-state index in [-0.39, 0.29) is 0 Å². The van der Waals surface area contributed by atoms with Gasteiger partial charge in [0.1, 0.15) is 0 Å². The number of piperazine rings is 1. The van der Waals surface area contributed by atoms with Crippen LogP contribution in [0.25, 0.3) is 0 Å². The van der Waals surface area contributed by atoms with E-state index < -0.39 is 0 Å². The van der Waals surface area contributed by atoms with Gasteiger partial charge in [-0.2, -0.15) is 0 Å². The smallest absolute Gasteiger partial charge is 0.0249 e. The van der Waals surface area contributed by atoms with Crippen molar-refractivity contribution in [3.8, 4) is 0 Å². The highest BCUT2D eigenvalue weighted by Gasteiger charge is 2.39. The Hall–Kier alpha value is -0.0800. The van der Waals surface area contributed by atoms with E-state index >= 15 is 0 Å². The van der Waals surface area contributed by atoms with Crippen LogP contribution >= 0.6 is 0 Å². The lowest BCUT2D eigenvalue weighted by Gasteiger charge is -2.52. The molecule has 0 amide bonds. The van der Waals surface area contributed by atoms with Gasteiger partial charge in [0.25, 0.3) is 0 Å². The van der Waals surface area contributed by atoms with Crippen molar-refractivity contribution in [3.63, 3.8) is 0 Å². The average molecular weight is 293 g/mol. The van der Waals surface area contributed by atoms with Crippen LogP contribution in [0.1, 0.15) is 72.1 Å². The van der Waals surface area contributed by atoms with E-state index in [1.807, 2.05) is 0 Å². The number of fused-ring (bicyclic) bond motifs is 1. The summed E-state index contributed by atoms with van der Waals surface area (Å²) in [7, 11) is 0. The molecule has 3 rings (SSSR count). The van der Waals surface area contributed by atoms with Crippen molar-refractivity contribution >= 4 is 0 Å². The molecule has 122 valence electrons. The molecule has 0 N–H and O–H groups in total. The van der Waals surface area contributed by atoms with E-state index in [0.717, 1.165) is 30.0 Å². The molecule has 4 atom stereocenters. The molecule has 2 saturated heterocycles.